The molecule has 1 fully saturated rings. The summed E-state index contributed by atoms with van der Waals surface area (Å²) < 4.78 is 0. The van der Waals surface area contributed by atoms with Crippen molar-refractivity contribution in [3.05, 3.63) is 102 Å². The van der Waals surface area contributed by atoms with Crippen LogP contribution < -0.4 is 10.6 Å². The summed E-state index contributed by atoms with van der Waals surface area (Å²) in [5, 5.41) is 5.97. The van der Waals surface area contributed by atoms with Crippen LogP contribution in [0.25, 0.3) is 0 Å². The molecular weight excluding hydrogens is 424 g/mol. The van der Waals surface area contributed by atoms with Gasteiger partial charge in [-0.25, -0.2) is 0 Å². The predicted octanol–water partition coefficient (Wildman–Crippen LogP) is 3.93. The van der Waals surface area contributed by atoms with Gasteiger partial charge in [0, 0.05) is 32.7 Å². The van der Waals surface area contributed by atoms with Gasteiger partial charge in [-0.3, -0.25) is 19.4 Å². The first kappa shape index (κ1) is 23.7. The number of carbonyl (C=O) groups is 2. The predicted molar refractivity (Wildman–Crippen MR) is 136 cm³/mol. The second-order valence-electron chi connectivity index (χ2n) is 8.74. The number of anilines is 1. The smallest absolute Gasteiger partial charge is 0.253 e. The van der Waals surface area contributed by atoms with Crippen LogP contribution in [0.3, 0.4) is 0 Å². The van der Waals surface area contributed by atoms with Crippen LogP contribution in [-0.2, 0) is 11.3 Å². The number of carbonyl (C=O) groups excluding carboxylic acids is 2. The van der Waals surface area contributed by atoms with Gasteiger partial charge in [-0.2, -0.15) is 0 Å². The molecule has 3 aromatic rings. The Hall–Kier alpha value is -3.48. The van der Waals surface area contributed by atoms with Gasteiger partial charge in [0.15, 0.2) is 0 Å². The Morgan fingerprint density at radius 2 is 1.38 bits per heavy atom. The summed E-state index contributed by atoms with van der Waals surface area (Å²) in [6, 6.07) is 27.3. The third kappa shape index (κ3) is 6.53. The normalized spacial score (nSPS) is 15.4. The van der Waals surface area contributed by atoms with Crippen molar-refractivity contribution in [2.24, 2.45) is 0 Å². The van der Waals surface area contributed by atoms with E-state index in [1.165, 1.54) is 5.56 Å². The van der Waals surface area contributed by atoms with Crippen molar-refractivity contribution in [1.29, 1.82) is 0 Å². The molecule has 0 aliphatic carbocycles. The Morgan fingerprint density at radius 3 is 2.09 bits per heavy atom. The second-order valence-corrected chi connectivity index (χ2v) is 8.74. The zero-order chi connectivity index (χ0) is 23.8. The van der Waals surface area contributed by atoms with Crippen LogP contribution in [-0.4, -0.2) is 54.3 Å². The van der Waals surface area contributed by atoms with Crippen molar-refractivity contribution in [2.75, 3.05) is 38.0 Å². The lowest BCUT2D eigenvalue weighted by Gasteiger charge is -2.34. The van der Waals surface area contributed by atoms with Crippen LogP contribution in [0.2, 0.25) is 0 Å². The minimum Gasteiger partial charge on any atom is -0.345 e. The average molecular weight is 457 g/mol. The molecule has 1 unspecified atom stereocenters. The van der Waals surface area contributed by atoms with Gasteiger partial charge in [0.1, 0.15) is 0 Å². The largest absolute Gasteiger partial charge is 0.345 e. The summed E-state index contributed by atoms with van der Waals surface area (Å²) in [4.78, 5) is 30.3. The van der Waals surface area contributed by atoms with Gasteiger partial charge in [0.2, 0.25) is 5.91 Å². The summed E-state index contributed by atoms with van der Waals surface area (Å²) in [6.45, 7) is 6.75. The van der Waals surface area contributed by atoms with Crippen molar-refractivity contribution < 1.29 is 9.59 Å². The summed E-state index contributed by atoms with van der Waals surface area (Å²) in [5.41, 5.74) is 3.34. The molecule has 1 atom stereocenters. The van der Waals surface area contributed by atoms with Gasteiger partial charge >= 0.3 is 0 Å². The zero-order valence-electron chi connectivity index (χ0n) is 19.6. The van der Waals surface area contributed by atoms with E-state index in [9.17, 15) is 9.59 Å². The fourth-order valence-corrected chi connectivity index (χ4v) is 4.23. The Labute approximate surface area is 201 Å². The van der Waals surface area contributed by atoms with Gasteiger partial charge in [-0.15, -0.1) is 0 Å². The number of para-hydroxylation sites is 1. The topological polar surface area (TPSA) is 64.7 Å². The molecule has 6 heteroatoms. The van der Waals surface area contributed by atoms with E-state index in [0.29, 0.717) is 17.8 Å². The highest BCUT2D eigenvalue weighted by Crippen LogP contribution is 2.18. The fraction of sp³-hybridized carbons (Fsp3) is 0.286. The van der Waals surface area contributed by atoms with E-state index >= 15 is 0 Å². The van der Waals surface area contributed by atoms with Crippen LogP contribution in [0, 0.1) is 0 Å². The Kier molecular flexibility index (Phi) is 8.07. The first-order valence-electron chi connectivity index (χ1n) is 11.8. The van der Waals surface area contributed by atoms with Gasteiger partial charge in [0.25, 0.3) is 5.91 Å². The van der Waals surface area contributed by atoms with Gasteiger partial charge < -0.3 is 10.6 Å². The Balaban J connectivity index is 1.29. The van der Waals surface area contributed by atoms with E-state index in [1.807, 2.05) is 55.5 Å². The Bertz CT molecular complexity index is 1080. The molecule has 2 N–H and O–H groups in total. The molecular formula is C28H32N4O2. The van der Waals surface area contributed by atoms with E-state index in [-0.39, 0.29) is 17.9 Å². The molecule has 6 nitrogen and oxygen atoms in total. The van der Waals surface area contributed by atoms with Crippen LogP contribution in [0.5, 0.6) is 0 Å². The number of amides is 2. The molecule has 2 amide bonds. The highest BCUT2D eigenvalue weighted by molar-refractivity contribution is 6.04. The maximum Gasteiger partial charge on any atom is 0.253 e. The second kappa shape index (κ2) is 11.6. The maximum absolute atomic E-state index is 12.9. The first-order chi connectivity index (χ1) is 16.6. The minimum absolute atomic E-state index is 0.104. The molecule has 1 aliphatic heterocycles. The third-order valence-electron chi connectivity index (χ3n) is 6.17. The number of nitrogens with one attached hydrogen (secondary N) is 2. The van der Waals surface area contributed by atoms with Crippen LogP contribution in [0.1, 0.15) is 34.5 Å². The molecule has 176 valence electrons. The lowest BCUT2D eigenvalue weighted by atomic mass is 10.1. The van der Waals surface area contributed by atoms with Crippen LogP contribution >= 0.6 is 0 Å². The monoisotopic (exact) mass is 456 g/mol. The van der Waals surface area contributed by atoms with Crippen molar-refractivity contribution in [2.45, 2.75) is 19.5 Å². The number of benzene rings is 3. The average Bonchev–Trinajstić information content (AvgIpc) is 2.86. The van der Waals surface area contributed by atoms with Crippen molar-refractivity contribution in [3.8, 4) is 0 Å². The summed E-state index contributed by atoms with van der Waals surface area (Å²) in [6.07, 6.45) is 0. The SMILES string of the molecule is CC(NC(=O)c1ccccc1NC(=O)CN1CCN(Cc2ccccc2)CC1)c1ccccc1. The van der Waals surface area contributed by atoms with Crippen molar-refractivity contribution in [3.63, 3.8) is 0 Å². The van der Waals surface area contributed by atoms with Crippen LogP contribution in [0.4, 0.5) is 5.69 Å². The molecule has 0 saturated carbocycles. The highest BCUT2D eigenvalue weighted by Gasteiger charge is 2.20. The summed E-state index contributed by atoms with van der Waals surface area (Å²) in [7, 11) is 0. The Morgan fingerprint density at radius 1 is 0.794 bits per heavy atom. The molecule has 34 heavy (non-hydrogen) atoms. The number of hydrogen-bond donors (Lipinski definition) is 2. The molecule has 1 saturated heterocycles. The van der Waals surface area contributed by atoms with Gasteiger partial charge in [-0.05, 0) is 30.2 Å². The maximum atomic E-state index is 12.9. The van der Waals surface area contributed by atoms with Gasteiger partial charge in [0.05, 0.1) is 23.8 Å². The zero-order valence-corrected chi connectivity index (χ0v) is 19.6. The van der Waals surface area contributed by atoms with E-state index < -0.39 is 0 Å². The highest BCUT2D eigenvalue weighted by atomic mass is 16.2. The van der Waals surface area contributed by atoms with Crippen LogP contribution in [0.15, 0.2) is 84.9 Å². The summed E-state index contributed by atoms with van der Waals surface area (Å²) in [5.74, 6) is -0.311. The molecule has 4 rings (SSSR count). The summed E-state index contributed by atoms with van der Waals surface area (Å²) >= 11 is 0. The lowest BCUT2D eigenvalue weighted by molar-refractivity contribution is -0.117. The molecule has 0 spiro atoms. The quantitative estimate of drug-likeness (QED) is 0.539. The van der Waals surface area contributed by atoms with E-state index in [2.05, 4.69) is 44.7 Å². The molecule has 1 heterocycles. The van der Waals surface area contributed by atoms with Crippen molar-refractivity contribution >= 4 is 17.5 Å². The van der Waals surface area contributed by atoms with Gasteiger partial charge in [-0.1, -0.05) is 72.8 Å². The lowest BCUT2D eigenvalue weighted by Crippen LogP contribution is -2.48. The molecule has 0 aromatic heterocycles. The fourth-order valence-electron chi connectivity index (χ4n) is 4.23. The number of hydrogen-bond acceptors (Lipinski definition) is 4. The van der Waals surface area contributed by atoms with E-state index in [4.69, 9.17) is 0 Å². The first-order valence-corrected chi connectivity index (χ1v) is 11.8. The number of piperazine rings is 1. The molecule has 1 aliphatic rings. The number of nitrogens with zero attached hydrogens (tertiary/aromatic N) is 2. The molecule has 0 radical (unpaired) electrons. The van der Waals surface area contributed by atoms with E-state index in [1.54, 1.807) is 12.1 Å². The number of rotatable bonds is 8. The molecule has 3 aromatic carbocycles. The minimum atomic E-state index is -0.207. The van der Waals surface area contributed by atoms with E-state index in [0.717, 1.165) is 38.3 Å². The van der Waals surface area contributed by atoms with Crippen molar-refractivity contribution in [1.82, 2.24) is 15.1 Å². The third-order valence-corrected chi connectivity index (χ3v) is 6.17. The molecule has 0 bridgehead atoms. The standard InChI is InChI=1S/C28H32N4O2/c1-22(24-12-6-3-7-13-24)29-28(34)25-14-8-9-15-26(25)30-27(33)21-32-18-16-31(17-19-32)20-23-10-4-2-5-11-23/h2-15,22H,16-21H2,1H3,(H,29,34)(H,30,33).